The van der Waals surface area contributed by atoms with E-state index in [2.05, 4.69) is 57.4 Å². The summed E-state index contributed by atoms with van der Waals surface area (Å²) in [5.41, 5.74) is 3.03. The lowest BCUT2D eigenvalue weighted by molar-refractivity contribution is 0.315. The fourth-order valence-electron chi connectivity index (χ4n) is 3.38. The van der Waals surface area contributed by atoms with Crippen LogP contribution in [0.5, 0.6) is 0 Å². The third kappa shape index (κ3) is 3.28. The Balaban J connectivity index is 1.51. The van der Waals surface area contributed by atoms with Crippen LogP contribution in [0, 0.1) is 0 Å². The van der Waals surface area contributed by atoms with Gasteiger partial charge in [0.2, 0.25) is 0 Å². The first-order chi connectivity index (χ1) is 12.2. The molecule has 0 bridgehead atoms. The molecule has 1 aliphatic rings. The van der Waals surface area contributed by atoms with Gasteiger partial charge in [-0.15, -0.1) is 0 Å². The topological polar surface area (TPSA) is 44.3 Å². The van der Waals surface area contributed by atoms with Crippen LogP contribution in [0.1, 0.15) is 6.42 Å². The molecule has 0 spiro atoms. The summed E-state index contributed by atoms with van der Waals surface area (Å²) in [4.78, 5) is 13.7. The number of nitrogens with zero attached hydrogens (tertiary/aromatic N) is 4. The van der Waals surface area contributed by atoms with Crippen LogP contribution in [-0.4, -0.2) is 48.1 Å². The summed E-state index contributed by atoms with van der Waals surface area (Å²) in [5.74, 6) is 1.05. The predicted octanol–water partition coefficient (Wildman–Crippen LogP) is 3.51. The van der Waals surface area contributed by atoms with Gasteiger partial charge in [0.1, 0.15) is 5.82 Å². The van der Waals surface area contributed by atoms with Crippen molar-refractivity contribution < 1.29 is 0 Å². The summed E-state index contributed by atoms with van der Waals surface area (Å²) in [6, 6.07) is 15.0. The molecule has 1 N–H and O–H groups in total. The van der Waals surface area contributed by atoms with Crippen molar-refractivity contribution in [1.82, 2.24) is 14.9 Å². The standard InChI is InChI=1S/C20H23N5/c1-24(2)16-10-12-25(14-16)20-8-7-15(13-22-20)23-19-9-11-21-18-6-4-3-5-17(18)19/h3-9,11,13,16H,10,12,14H2,1-2H3,(H,21,23). The van der Waals surface area contributed by atoms with Crippen molar-refractivity contribution in [2.75, 3.05) is 37.4 Å². The lowest BCUT2D eigenvalue weighted by Crippen LogP contribution is -2.31. The summed E-state index contributed by atoms with van der Waals surface area (Å²) in [5, 5.41) is 4.58. The van der Waals surface area contributed by atoms with Crippen LogP contribution in [0.15, 0.2) is 54.9 Å². The van der Waals surface area contributed by atoms with Crippen LogP contribution in [0.2, 0.25) is 0 Å². The summed E-state index contributed by atoms with van der Waals surface area (Å²) in [6.45, 7) is 2.11. The molecule has 25 heavy (non-hydrogen) atoms. The van der Waals surface area contributed by atoms with Gasteiger partial charge in [0.05, 0.1) is 17.4 Å². The highest BCUT2D eigenvalue weighted by molar-refractivity contribution is 5.92. The van der Waals surface area contributed by atoms with Gasteiger partial charge in [0, 0.05) is 36.4 Å². The van der Waals surface area contributed by atoms with Gasteiger partial charge in [0.25, 0.3) is 0 Å². The van der Waals surface area contributed by atoms with Gasteiger partial charge in [0.15, 0.2) is 0 Å². The van der Waals surface area contributed by atoms with E-state index in [9.17, 15) is 0 Å². The van der Waals surface area contributed by atoms with E-state index in [1.165, 1.54) is 6.42 Å². The van der Waals surface area contributed by atoms with Gasteiger partial charge in [-0.2, -0.15) is 0 Å². The number of rotatable bonds is 4. The second-order valence-electron chi connectivity index (χ2n) is 6.76. The van der Waals surface area contributed by atoms with Crippen LogP contribution in [0.3, 0.4) is 0 Å². The lowest BCUT2D eigenvalue weighted by atomic mass is 10.2. The third-order valence-corrected chi connectivity index (χ3v) is 4.89. The molecular formula is C20H23N5. The molecule has 5 heteroatoms. The first-order valence-electron chi connectivity index (χ1n) is 8.69. The van der Waals surface area contributed by atoms with Gasteiger partial charge in [-0.1, -0.05) is 18.2 Å². The Morgan fingerprint density at radius 2 is 1.96 bits per heavy atom. The largest absolute Gasteiger partial charge is 0.355 e. The van der Waals surface area contributed by atoms with Crippen LogP contribution < -0.4 is 10.2 Å². The molecule has 1 saturated heterocycles. The Bertz CT molecular complexity index is 854. The van der Waals surface area contributed by atoms with E-state index in [0.717, 1.165) is 41.2 Å². The normalized spacial score (nSPS) is 17.4. The fourth-order valence-corrected chi connectivity index (χ4v) is 3.38. The number of fused-ring (bicyclic) bond motifs is 1. The van der Waals surface area contributed by atoms with Crippen molar-refractivity contribution in [3.63, 3.8) is 0 Å². The van der Waals surface area contributed by atoms with E-state index in [4.69, 9.17) is 0 Å². The van der Waals surface area contributed by atoms with Crippen LogP contribution in [-0.2, 0) is 0 Å². The average Bonchev–Trinajstić information content (AvgIpc) is 3.13. The zero-order valence-electron chi connectivity index (χ0n) is 14.7. The number of aromatic nitrogens is 2. The third-order valence-electron chi connectivity index (χ3n) is 4.89. The van der Waals surface area contributed by atoms with Gasteiger partial charge in [-0.3, -0.25) is 4.98 Å². The summed E-state index contributed by atoms with van der Waals surface area (Å²) < 4.78 is 0. The van der Waals surface area contributed by atoms with Crippen molar-refractivity contribution in [2.24, 2.45) is 0 Å². The summed E-state index contributed by atoms with van der Waals surface area (Å²) in [7, 11) is 4.29. The predicted molar refractivity (Wildman–Crippen MR) is 104 cm³/mol. The average molecular weight is 333 g/mol. The molecule has 5 nitrogen and oxygen atoms in total. The van der Waals surface area contributed by atoms with E-state index >= 15 is 0 Å². The number of benzene rings is 1. The molecule has 1 aliphatic heterocycles. The first kappa shape index (κ1) is 15.8. The Labute approximate surface area is 148 Å². The van der Waals surface area contributed by atoms with E-state index in [-0.39, 0.29) is 0 Å². The Morgan fingerprint density at radius 1 is 1.08 bits per heavy atom. The van der Waals surface area contributed by atoms with Gasteiger partial charge < -0.3 is 15.1 Å². The number of likely N-dealkylation sites (N-methyl/N-ethyl adjacent to an activating group) is 1. The van der Waals surface area contributed by atoms with E-state index in [0.29, 0.717) is 6.04 Å². The molecule has 0 saturated carbocycles. The number of hydrogen-bond donors (Lipinski definition) is 1. The van der Waals surface area contributed by atoms with Crippen molar-refractivity contribution in [3.05, 3.63) is 54.9 Å². The minimum absolute atomic E-state index is 0.614. The maximum Gasteiger partial charge on any atom is 0.128 e. The highest BCUT2D eigenvalue weighted by atomic mass is 15.3. The second kappa shape index (κ2) is 6.69. The SMILES string of the molecule is CN(C)C1CCN(c2ccc(Nc3ccnc4ccccc34)cn2)C1. The summed E-state index contributed by atoms with van der Waals surface area (Å²) >= 11 is 0. The van der Waals surface area contributed by atoms with Crippen LogP contribution in [0.25, 0.3) is 10.9 Å². The van der Waals surface area contributed by atoms with E-state index in [1.54, 1.807) is 0 Å². The van der Waals surface area contributed by atoms with Gasteiger partial charge >= 0.3 is 0 Å². The number of hydrogen-bond acceptors (Lipinski definition) is 5. The Morgan fingerprint density at radius 3 is 2.72 bits per heavy atom. The van der Waals surface area contributed by atoms with Crippen molar-refractivity contribution >= 4 is 28.1 Å². The maximum atomic E-state index is 4.66. The zero-order valence-corrected chi connectivity index (χ0v) is 14.7. The minimum Gasteiger partial charge on any atom is -0.355 e. The molecule has 1 fully saturated rings. The molecule has 3 aromatic rings. The van der Waals surface area contributed by atoms with Gasteiger partial charge in [-0.25, -0.2) is 4.98 Å². The van der Waals surface area contributed by atoms with Crippen LogP contribution >= 0.6 is 0 Å². The zero-order chi connectivity index (χ0) is 17.2. The quantitative estimate of drug-likeness (QED) is 0.791. The van der Waals surface area contributed by atoms with Crippen molar-refractivity contribution in [1.29, 1.82) is 0 Å². The lowest BCUT2D eigenvalue weighted by Gasteiger charge is -2.21. The minimum atomic E-state index is 0.614. The van der Waals surface area contributed by atoms with Gasteiger partial charge in [-0.05, 0) is 44.8 Å². The highest BCUT2D eigenvalue weighted by Crippen LogP contribution is 2.26. The molecular weight excluding hydrogens is 310 g/mol. The number of nitrogens with one attached hydrogen (secondary N) is 1. The van der Waals surface area contributed by atoms with Crippen molar-refractivity contribution in [3.8, 4) is 0 Å². The number of pyridine rings is 2. The first-order valence-corrected chi connectivity index (χ1v) is 8.69. The Hall–Kier alpha value is -2.66. The molecule has 3 heterocycles. The fraction of sp³-hybridized carbons (Fsp3) is 0.300. The monoisotopic (exact) mass is 333 g/mol. The smallest absolute Gasteiger partial charge is 0.128 e. The number of para-hydroxylation sites is 1. The van der Waals surface area contributed by atoms with E-state index < -0.39 is 0 Å². The van der Waals surface area contributed by atoms with E-state index in [1.807, 2.05) is 36.7 Å². The molecule has 1 unspecified atom stereocenters. The molecule has 4 rings (SSSR count). The molecule has 0 aliphatic carbocycles. The summed E-state index contributed by atoms with van der Waals surface area (Å²) in [6.07, 6.45) is 4.93. The highest BCUT2D eigenvalue weighted by Gasteiger charge is 2.24. The molecule has 0 radical (unpaired) electrons. The second-order valence-corrected chi connectivity index (χ2v) is 6.76. The van der Waals surface area contributed by atoms with Crippen LogP contribution in [0.4, 0.5) is 17.2 Å². The molecule has 1 aromatic carbocycles. The molecule has 2 aromatic heterocycles. The molecule has 1 atom stereocenters. The maximum absolute atomic E-state index is 4.66. The Kier molecular flexibility index (Phi) is 4.24. The molecule has 128 valence electrons. The van der Waals surface area contributed by atoms with Crippen molar-refractivity contribution in [2.45, 2.75) is 12.5 Å². The number of anilines is 3. The molecule has 0 amide bonds.